The van der Waals surface area contributed by atoms with E-state index in [9.17, 15) is 4.79 Å². The molecule has 0 aliphatic carbocycles. The van der Waals surface area contributed by atoms with Crippen LogP contribution in [0.2, 0.25) is 0 Å². The van der Waals surface area contributed by atoms with Gasteiger partial charge in [0.2, 0.25) is 11.8 Å². The zero-order chi connectivity index (χ0) is 21.6. The van der Waals surface area contributed by atoms with Crippen LogP contribution in [0.3, 0.4) is 0 Å². The number of carbonyl (C=O) groups is 1. The molecule has 158 valence electrons. The Morgan fingerprint density at radius 2 is 1.84 bits per heavy atom. The highest BCUT2D eigenvalue weighted by Crippen LogP contribution is 2.27. The van der Waals surface area contributed by atoms with Gasteiger partial charge in [0, 0.05) is 16.5 Å². The molecule has 1 N–H and O–H groups in total. The Hall–Kier alpha value is -3.17. The molecule has 9 heteroatoms. The van der Waals surface area contributed by atoms with Gasteiger partial charge in [-0.15, -0.1) is 21.5 Å². The number of carbonyl (C=O) groups excluding carboxylic acids is 1. The van der Waals surface area contributed by atoms with Crippen molar-refractivity contribution in [3.63, 3.8) is 0 Å². The van der Waals surface area contributed by atoms with E-state index in [1.807, 2.05) is 41.8 Å². The molecule has 0 aliphatic rings. The Morgan fingerprint density at radius 3 is 2.55 bits per heavy atom. The number of anilines is 1. The number of ether oxygens (including phenoxy) is 1. The molecule has 4 aromatic rings. The van der Waals surface area contributed by atoms with Crippen molar-refractivity contribution in [2.24, 2.45) is 0 Å². The summed E-state index contributed by atoms with van der Waals surface area (Å²) in [5.74, 6) is 1.10. The minimum atomic E-state index is -0.184. The van der Waals surface area contributed by atoms with Gasteiger partial charge in [0.15, 0.2) is 5.13 Å². The molecular weight excluding hydrogens is 432 g/mol. The first-order valence-corrected chi connectivity index (χ1v) is 11.5. The Morgan fingerprint density at radius 1 is 1.10 bits per heavy atom. The second kappa shape index (κ2) is 9.76. The van der Waals surface area contributed by atoms with Crippen molar-refractivity contribution in [3.05, 3.63) is 59.5 Å². The largest absolute Gasteiger partial charge is 0.497 e. The van der Waals surface area contributed by atoms with Crippen LogP contribution in [0.5, 0.6) is 5.75 Å². The summed E-state index contributed by atoms with van der Waals surface area (Å²) >= 11 is 2.57. The van der Waals surface area contributed by atoms with Gasteiger partial charge in [-0.2, -0.15) is 0 Å². The number of thiazole rings is 1. The van der Waals surface area contributed by atoms with Gasteiger partial charge in [0.25, 0.3) is 5.22 Å². The summed E-state index contributed by atoms with van der Waals surface area (Å²) in [5, 5.41) is 13.7. The van der Waals surface area contributed by atoms with Crippen LogP contribution in [0.4, 0.5) is 5.13 Å². The Balaban J connectivity index is 1.31. The maximum atomic E-state index is 12.3. The SMILES string of the molecule is CCc1ccc(-c2csc(NC(=O)CSc3nnc(-c4ccc(OC)cc4)o3)n2)cc1. The molecule has 2 heterocycles. The fraction of sp³-hybridized carbons (Fsp3) is 0.182. The van der Waals surface area contributed by atoms with E-state index < -0.39 is 0 Å². The molecule has 0 fully saturated rings. The number of nitrogens with one attached hydrogen (secondary N) is 1. The lowest BCUT2D eigenvalue weighted by Crippen LogP contribution is -2.13. The highest BCUT2D eigenvalue weighted by Gasteiger charge is 2.13. The summed E-state index contributed by atoms with van der Waals surface area (Å²) in [7, 11) is 1.61. The lowest BCUT2D eigenvalue weighted by atomic mass is 10.1. The van der Waals surface area contributed by atoms with Gasteiger partial charge < -0.3 is 14.5 Å². The molecule has 1 amide bonds. The smallest absolute Gasteiger partial charge is 0.277 e. The third-order valence-corrected chi connectivity index (χ3v) is 6.05. The molecule has 0 radical (unpaired) electrons. The lowest BCUT2D eigenvalue weighted by molar-refractivity contribution is -0.113. The quantitative estimate of drug-likeness (QED) is 0.369. The first-order valence-electron chi connectivity index (χ1n) is 9.60. The van der Waals surface area contributed by atoms with Crippen LogP contribution in [-0.2, 0) is 11.2 Å². The van der Waals surface area contributed by atoms with Gasteiger partial charge in [-0.05, 0) is 36.2 Å². The number of methoxy groups -OCH3 is 1. The second-order valence-electron chi connectivity index (χ2n) is 6.53. The third-order valence-electron chi connectivity index (χ3n) is 4.48. The van der Waals surface area contributed by atoms with Crippen LogP contribution in [0, 0.1) is 0 Å². The van der Waals surface area contributed by atoms with Crippen LogP contribution in [0.25, 0.3) is 22.7 Å². The maximum Gasteiger partial charge on any atom is 0.277 e. The molecule has 0 saturated carbocycles. The molecule has 4 rings (SSSR count). The second-order valence-corrected chi connectivity index (χ2v) is 8.31. The average Bonchev–Trinajstić information content (AvgIpc) is 3.48. The predicted molar refractivity (Wildman–Crippen MR) is 123 cm³/mol. The maximum absolute atomic E-state index is 12.3. The van der Waals surface area contributed by atoms with Crippen molar-refractivity contribution in [1.82, 2.24) is 15.2 Å². The molecule has 0 spiro atoms. The van der Waals surface area contributed by atoms with E-state index in [1.165, 1.54) is 28.7 Å². The van der Waals surface area contributed by atoms with Crippen LogP contribution < -0.4 is 10.1 Å². The van der Waals surface area contributed by atoms with E-state index in [0.717, 1.165) is 29.0 Å². The Kier molecular flexibility index (Phi) is 6.63. The number of thioether (sulfide) groups is 1. The molecule has 0 aliphatic heterocycles. The van der Waals surface area contributed by atoms with Crippen molar-refractivity contribution in [1.29, 1.82) is 0 Å². The lowest BCUT2D eigenvalue weighted by Gasteiger charge is -2.01. The summed E-state index contributed by atoms with van der Waals surface area (Å²) in [4.78, 5) is 16.8. The first-order chi connectivity index (χ1) is 15.1. The molecule has 31 heavy (non-hydrogen) atoms. The molecule has 7 nitrogen and oxygen atoms in total. The molecule has 2 aromatic carbocycles. The van der Waals surface area contributed by atoms with E-state index in [4.69, 9.17) is 9.15 Å². The van der Waals surface area contributed by atoms with Gasteiger partial charge in [-0.25, -0.2) is 4.98 Å². The van der Waals surface area contributed by atoms with Crippen molar-refractivity contribution in [2.45, 2.75) is 18.6 Å². The number of hydrogen-bond acceptors (Lipinski definition) is 8. The summed E-state index contributed by atoms with van der Waals surface area (Å²) in [5.41, 5.74) is 3.93. The van der Waals surface area contributed by atoms with Gasteiger partial charge in [0.1, 0.15) is 5.75 Å². The minimum absolute atomic E-state index is 0.143. The van der Waals surface area contributed by atoms with Crippen LogP contribution in [-0.4, -0.2) is 34.0 Å². The molecular formula is C22H20N4O3S2. The molecule has 0 atom stereocenters. The van der Waals surface area contributed by atoms with Gasteiger partial charge >= 0.3 is 0 Å². The number of aromatic nitrogens is 3. The number of rotatable bonds is 8. The zero-order valence-corrected chi connectivity index (χ0v) is 18.6. The number of amides is 1. The minimum Gasteiger partial charge on any atom is -0.497 e. The van der Waals surface area contributed by atoms with Crippen LogP contribution >= 0.6 is 23.1 Å². The van der Waals surface area contributed by atoms with Gasteiger partial charge in [-0.1, -0.05) is 43.0 Å². The standard InChI is InChI=1S/C22H20N4O3S2/c1-3-14-4-6-15(7-5-14)18-12-30-21(23-18)24-19(27)13-31-22-26-25-20(29-22)16-8-10-17(28-2)11-9-16/h4-12H,3,13H2,1-2H3,(H,23,24,27). The number of aryl methyl sites for hydroxylation is 1. The molecule has 0 unspecified atom stereocenters. The van der Waals surface area contributed by atoms with Crippen molar-refractivity contribution >= 4 is 34.1 Å². The normalized spacial score (nSPS) is 10.8. The molecule has 0 bridgehead atoms. The fourth-order valence-corrected chi connectivity index (χ4v) is 4.07. The summed E-state index contributed by atoms with van der Waals surface area (Å²) in [6, 6.07) is 15.6. The van der Waals surface area contributed by atoms with Crippen LogP contribution in [0.15, 0.2) is 63.6 Å². The Bertz CT molecular complexity index is 1150. The van der Waals surface area contributed by atoms with Crippen molar-refractivity contribution in [3.8, 4) is 28.5 Å². The predicted octanol–water partition coefficient (Wildman–Crippen LogP) is 5.16. The number of benzene rings is 2. The monoisotopic (exact) mass is 452 g/mol. The highest BCUT2D eigenvalue weighted by molar-refractivity contribution is 7.99. The van der Waals surface area contributed by atoms with Crippen LogP contribution in [0.1, 0.15) is 12.5 Å². The highest BCUT2D eigenvalue weighted by atomic mass is 32.2. The fourth-order valence-electron chi connectivity index (χ4n) is 2.78. The van der Waals surface area contributed by atoms with E-state index in [-0.39, 0.29) is 11.7 Å². The van der Waals surface area contributed by atoms with Gasteiger partial charge in [-0.3, -0.25) is 4.79 Å². The summed E-state index contributed by atoms with van der Waals surface area (Å²) < 4.78 is 10.8. The molecule has 2 aromatic heterocycles. The van der Waals surface area contributed by atoms with E-state index >= 15 is 0 Å². The van der Waals surface area contributed by atoms with E-state index in [0.29, 0.717) is 16.2 Å². The van der Waals surface area contributed by atoms with Crippen molar-refractivity contribution in [2.75, 3.05) is 18.2 Å². The first kappa shape index (κ1) is 21.1. The van der Waals surface area contributed by atoms with E-state index in [2.05, 4.69) is 39.6 Å². The average molecular weight is 453 g/mol. The molecule has 0 saturated heterocycles. The third kappa shape index (κ3) is 5.31. The summed E-state index contributed by atoms with van der Waals surface area (Å²) in [6.07, 6.45) is 0.998. The topological polar surface area (TPSA) is 90.1 Å². The van der Waals surface area contributed by atoms with Crippen molar-refractivity contribution < 1.29 is 13.9 Å². The number of nitrogens with zero attached hydrogens (tertiary/aromatic N) is 3. The zero-order valence-electron chi connectivity index (χ0n) is 17.0. The summed E-state index contributed by atoms with van der Waals surface area (Å²) in [6.45, 7) is 2.12. The Labute approximate surface area is 187 Å². The van der Waals surface area contributed by atoms with E-state index in [1.54, 1.807) is 7.11 Å². The van der Waals surface area contributed by atoms with Gasteiger partial charge in [0.05, 0.1) is 18.6 Å². The number of hydrogen-bond donors (Lipinski definition) is 1.